The van der Waals surface area contributed by atoms with Crippen LogP contribution in [-0.2, 0) is 0 Å². The van der Waals surface area contributed by atoms with E-state index in [0.717, 1.165) is 0 Å². The second-order valence-electron chi connectivity index (χ2n) is 3.55. The van der Waals surface area contributed by atoms with Gasteiger partial charge in [-0.05, 0) is 35.0 Å². The fourth-order valence-electron chi connectivity index (χ4n) is 1.39. The molecule has 1 heterocycles. The molecular weight excluding hydrogens is 337 g/mol. The van der Waals surface area contributed by atoms with Gasteiger partial charge in [0.15, 0.2) is 0 Å². The minimum Gasteiger partial charge on any atom is -0.432 e. The molecule has 0 aliphatic rings. The van der Waals surface area contributed by atoms with Gasteiger partial charge in [0.2, 0.25) is 11.6 Å². The first-order valence-electron chi connectivity index (χ1n) is 5.08. The van der Waals surface area contributed by atoms with Crippen LogP contribution in [0.2, 0.25) is 5.02 Å². The molecule has 0 amide bonds. The van der Waals surface area contributed by atoms with Gasteiger partial charge >= 0.3 is 5.69 Å². The zero-order valence-electron chi connectivity index (χ0n) is 9.63. The molecule has 0 unspecified atom stereocenters. The normalized spacial score (nSPS) is 10.3. The average Bonchev–Trinajstić information content (AvgIpc) is 2.30. The van der Waals surface area contributed by atoms with E-state index in [0.29, 0.717) is 10.4 Å². The van der Waals surface area contributed by atoms with Gasteiger partial charge in [0.25, 0.3) is 0 Å². The summed E-state index contributed by atoms with van der Waals surface area (Å²) in [6.45, 7) is 1.69. The second kappa shape index (κ2) is 5.50. The van der Waals surface area contributed by atoms with Crippen molar-refractivity contribution in [1.29, 1.82) is 0 Å². The van der Waals surface area contributed by atoms with Crippen molar-refractivity contribution in [2.45, 2.75) is 6.92 Å². The molecular formula is C11H7BrClN3O3. The van der Waals surface area contributed by atoms with Crippen molar-refractivity contribution in [3.05, 3.63) is 49.8 Å². The van der Waals surface area contributed by atoms with Crippen molar-refractivity contribution in [1.82, 2.24) is 9.97 Å². The van der Waals surface area contributed by atoms with Gasteiger partial charge in [0.1, 0.15) is 10.4 Å². The molecule has 0 bridgehead atoms. The molecule has 0 aliphatic carbocycles. The molecule has 8 heteroatoms. The first-order valence-corrected chi connectivity index (χ1v) is 6.26. The molecule has 0 atom stereocenters. The maximum Gasteiger partial charge on any atom is 0.313 e. The lowest BCUT2D eigenvalue weighted by atomic mass is 10.3. The quantitative estimate of drug-likeness (QED) is 0.479. The van der Waals surface area contributed by atoms with Crippen LogP contribution in [0, 0.1) is 17.0 Å². The zero-order chi connectivity index (χ0) is 14.0. The monoisotopic (exact) mass is 343 g/mol. The van der Waals surface area contributed by atoms with E-state index in [4.69, 9.17) is 16.3 Å². The highest BCUT2D eigenvalue weighted by molar-refractivity contribution is 9.10. The van der Waals surface area contributed by atoms with E-state index in [2.05, 4.69) is 25.9 Å². The lowest BCUT2D eigenvalue weighted by Gasteiger charge is -2.06. The van der Waals surface area contributed by atoms with Crippen LogP contribution in [0.25, 0.3) is 0 Å². The van der Waals surface area contributed by atoms with Gasteiger partial charge in [-0.1, -0.05) is 11.6 Å². The first kappa shape index (κ1) is 13.7. The molecule has 98 valence electrons. The fourth-order valence-corrected chi connectivity index (χ4v) is 2.01. The SMILES string of the molecule is Cc1nc(Br)cc(Oc2ccc(Cl)cc2[N+](=O)[O-])n1. The molecule has 0 fully saturated rings. The van der Waals surface area contributed by atoms with Gasteiger partial charge in [-0.3, -0.25) is 10.1 Å². The zero-order valence-corrected chi connectivity index (χ0v) is 12.0. The fraction of sp³-hybridized carbons (Fsp3) is 0.0909. The van der Waals surface area contributed by atoms with Crippen LogP contribution in [0.4, 0.5) is 5.69 Å². The summed E-state index contributed by atoms with van der Waals surface area (Å²) in [5, 5.41) is 11.2. The van der Waals surface area contributed by atoms with Crippen LogP contribution >= 0.6 is 27.5 Å². The number of nitro benzene ring substituents is 1. The predicted octanol–water partition coefficient (Wildman–Crippen LogP) is 3.90. The number of halogens is 2. The van der Waals surface area contributed by atoms with E-state index < -0.39 is 4.92 Å². The Morgan fingerprint density at radius 3 is 2.74 bits per heavy atom. The van der Waals surface area contributed by atoms with Crippen molar-refractivity contribution in [3.63, 3.8) is 0 Å². The first-order chi connectivity index (χ1) is 8.95. The summed E-state index contributed by atoms with van der Waals surface area (Å²) in [4.78, 5) is 18.4. The maximum absolute atomic E-state index is 10.9. The summed E-state index contributed by atoms with van der Waals surface area (Å²) in [5.74, 6) is 0.769. The van der Waals surface area contributed by atoms with Gasteiger partial charge in [-0.2, -0.15) is 4.98 Å². The molecule has 1 aromatic heterocycles. The number of ether oxygens (including phenoxy) is 1. The average molecular weight is 345 g/mol. The molecule has 0 aliphatic heterocycles. The van der Waals surface area contributed by atoms with Crippen molar-refractivity contribution in [2.75, 3.05) is 0 Å². The van der Waals surface area contributed by atoms with Crippen molar-refractivity contribution in [3.8, 4) is 11.6 Å². The Balaban J connectivity index is 2.40. The Bertz CT molecular complexity index is 631. The number of aromatic nitrogens is 2. The molecule has 0 spiro atoms. The van der Waals surface area contributed by atoms with Gasteiger partial charge in [-0.25, -0.2) is 4.98 Å². The summed E-state index contributed by atoms with van der Waals surface area (Å²) < 4.78 is 5.94. The number of nitro groups is 1. The molecule has 19 heavy (non-hydrogen) atoms. The summed E-state index contributed by atoms with van der Waals surface area (Å²) >= 11 is 8.92. The summed E-state index contributed by atoms with van der Waals surface area (Å²) in [5.41, 5.74) is -0.222. The van der Waals surface area contributed by atoms with E-state index in [-0.39, 0.29) is 22.3 Å². The number of nitrogens with zero attached hydrogens (tertiary/aromatic N) is 3. The molecule has 0 saturated heterocycles. The van der Waals surface area contributed by atoms with Crippen LogP contribution in [0.15, 0.2) is 28.9 Å². The third-order valence-electron chi connectivity index (χ3n) is 2.12. The minimum absolute atomic E-state index is 0.0689. The Hall–Kier alpha value is -1.73. The van der Waals surface area contributed by atoms with Gasteiger partial charge < -0.3 is 4.74 Å². The number of hydrogen-bond donors (Lipinski definition) is 0. The Kier molecular flexibility index (Phi) is 3.96. The topological polar surface area (TPSA) is 78.2 Å². The Morgan fingerprint density at radius 1 is 1.37 bits per heavy atom. The molecule has 1 aromatic carbocycles. The maximum atomic E-state index is 10.9. The Morgan fingerprint density at radius 2 is 2.11 bits per heavy atom. The highest BCUT2D eigenvalue weighted by atomic mass is 79.9. The van der Waals surface area contributed by atoms with Gasteiger partial charge in [0.05, 0.1) is 4.92 Å². The molecule has 6 nitrogen and oxygen atoms in total. The summed E-state index contributed by atoms with van der Waals surface area (Å²) in [7, 11) is 0. The lowest BCUT2D eigenvalue weighted by Crippen LogP contribution is -1.97. The van der Waals surface area contributed by atoms with E-state index in [1.165, 1.54) is 24.3 Å². The minimum atomic E-state index is -0.565. The van der Waals surface area contributed by atoms with Crippen molar-refractivity contribution >= 4 is 33.2 Å². The number of hydrogen-bond acceptors (Lipinski definition) is 5. The van der Waals surface area contributed by atoms with Crippen LogP contribution in [0.3, 0.4) is 0 Å². The van der Waals surface area contributed by atoms with E-state index >= 15 is 0 Å². The molecule has 2 aromatic rings. The standard InChI is InChI=1S/C11H7BrClN3O3/c1-6-14-10(12)5-11(15-6)19-9-3-2-7(13)4-8(9)16(17)18/h2-5H,1H3. The van der Waals surface area contributed by atoms with Crippen LogP contribution in [0.1, 0.15) is 5.82 Å². The highest BCUT2D eigenvalue weighted by Gasteiger charge is 2.17. The molecule has 0 saturated carbocycles. The second-order valence-corrected chi connectivity index (χ2v) is 4.80. The van der Waals surface area contributed by atoms with Gasteiger partial charge in [-0.15, -0.1) is 0 Å². The third kappa shape index (κ3) is 3.39. The Labute approximate surface area is 121 Å². The van der Waals surface area contributed by atoms with Crippen molar-refractivity contribution < 1.29 is 9.66 Å². The molecule has 0 radical (unpaired) electrons. The lowest BCUT2D eigenvalue weighted by molar-refractivity contribution is -0.385. The van der Waals surface area contributed by atoms with Crippen molar-refractivity contribution in [2.24, 2.45) is 0 Å². The predicted molar refractivity (Wildman–Crippen MR) is 72.6 cm³/mol. The smallest absolute Gasteiger partial charge is 0.313 e. The van der Waals surface area contributed by atoms with Crippen LogP contribution in [-0.4, -0.2) is 14.9 Å². The third-order valence-corrected chi connectivity index (χ3v) is 2.76. The number of aryl methyl sites for hydroxylation is 1. The summed E-state index contributed by atoms with van der Waals surface area (Å²) in [6.07, 6.45) is 0. The van der Waals surface area contributed by atoms with Gasteiger partial charge in [0, 0.05) is 17.2 Å². The van der Waals surface area contributed by atoms with Crippen LogP contribution in [0.5, 0.6) is 11.6 Å². The number of rotatable bonds is 3. The number of benzene rings is 1. The van der Waals surface area contributed by atoms with E-state index in [1.54, 1.807) is 6.92 Å². The largest absolute Gasteiger partial charge is 0.432 e. The van der Waals surface area contributed by atoms with E-state index in [1.807, 2.05) is 0 Å². The highest BCUT2D eigenvalue weighted by Crippen LogP contribution is 2.33. The molecule has 2 rings (SSSR count). The van der Waals surface area contributed by atoms with E-state index in [9.17, 15) is 10.1 Å². The summed E-state index contributed by atoms with van der Waals surface area (Å²) in [6, 6.07) is 5.67. The van der Waals surface area contributed by atoms with Crippen LogP contribution < -0.4 is 4.74 Å². The molecule has 0 N–H and O–H groups in total.